The van der Waals surface area contributed by atoms with Gasteiger partial charge in [-0.25, -0.2) is 8.42 Å². The third-order valence-corrected chi connectivity index (χ3v) is 7.11. The summed E-state index contributed by atoms with van der Waals surface area (Å²) in [6.45, 7) is 0. The molecule has 28 heavy (non-hydrogen) atoms. The van der Waals surface area contributed by atoms with E-state index in [1.54, 1.807) is 24.1 Å². The van der Waals surface area contributed by atoms with Crippen LogP contribution < -0.4 is 0 Å². The van der Waals surface area contributed by atoms with Crippen LogP contribution in [0, 0.1) is 0 Å². The Balaban J connectivity index is 1.52. The highest BCUT2D eigenvalue weighted by atomic mass is 35.5. The zero-order chi connectivity index (χ0) is 20.3. The van der Waals surface area contributed by atoms with Gasteiger partial charge in [0.15, 0.2) is 9.84 Å². The first-order valence-corrected chi connectivity index (χ1v) is 11.6. The first-order valence-electron chi connectivity index (χ1n) is 9.29. The number of hydrogen-bond donors (Lipinski definition) is 0. The number of carbonyl (C=O) groups excluding carboxylic acids is 1. The van der Waals surface area contributed by atoms with E-state index in [4.69, 9.17) is 16.1 Å². The summed E-state index contributed by atoms with van der Waals surface area (Å²) in [4.78, 5) is 18.5. The molecule has 1 amide bonds. The van der Waals surface area contributed by atoms with Crippen molar-refractivity contribution in [2.45, 2.75) is 49.8 Å². The molecule has 1 aromatic heterocycles. The fourth-order valence-electron chi connectivity index (χ4n) is 3.67. The molecule has 1 aromatic carbocycles. The zero-order valence-electron chi connectivity index (χ0n) is 16.0. The lowest BCUT2D eigenvalue weighted by atomic mass is 10.1. The molecule has 0 spiro atoms. The molecule has 1 fully saturated rings. The van der Waals surface area contributed by atoms with Crippen LogP contribution in [0.3, 0.4) is 0 Å². The van der Waals surface area contributed by atoms with E-state index in [0.717, 1.165) is 18.4 Å². The average Bonchev–Trinajstić information content (AvgIpc) is 3.31. The number of rotatable bonds is 7. The Morgan fingerprint density at radius 3 is 2.68 bits per heavy atom. The van der Waals surface area contributed by atoms with E-state index in [-0.39, 0.29) is 11.9 Å². The molecule has 2 aromatic rings. The van der Waals surface area contributed by atoms with Gasteiger partial charge in [-0.2, -0.15) is 4.98 Å². The Hall–Kier alpha value is -1.93. The number of carbonyl (C=O) groups is 1. The average molecular weight is 426 g/mol. The van der Waals surface area contributed by atoms with Crippen LogP contribution in [0.25, 0.3) is 11.4 Å². The standard InChI is InChI=1S/C19H24ClN3O4S/c1-23(15-5-3-6-16(15)28(2,25)26)18(24)8-4-7-17-21-19(22-27-17)13-9-11-14(20)12-10-13/h9-12,15-16H,3-8H2,1-2H3. The van der Waals surface area contributed by atoms with Crippen LogP contribution in [0.2, 0.25) is 5.02 Å². The Labute approximate surface area is 170 Å². The van der Waals surface area contributed by atoms with Gasteiger partial charge < -0.3 is 9.42 Å². The molecule has 1 aliphatic carbocycles. The molecule has 7 nitrogen and oxygen atoms in total. The monoisotopic (exact) mass is 425 g/mol. The summed E-state index contributed by atoms with van der Waals surface area (Å²) in [7, 11) is -1.46. The van der Waals surface area contributed by atoms with Gasteiger partial charge in [-0.05, 0) is 49.9 Å². The Morgan fingerprint density at radius 1 is 1.29 bits per heavy atom. The largest absolute Gasteiger partial charge is 0.341 e. The topological polar surface area (TPSA) is 93.4 Å². The maximum Gasteiger partial charge on any atom is 0.226 e. The fourth-order valence-corrected chi connectivity index (χ4v) is 5.28. The molecule has 2 atom stereocenters. The van der Waals surface area contributed by atoms with Crippen molar-refractivity contribution in [2.24, 2.45) is 0 Å². The van der Waals surface area contributed by atoms with E-state index >= 15 is 0 Å². The van der Waals surface area contributed by atoms with Gasteiger partial charge in [0.05, 0.1) is 5.25 Å². The molecule has 9 heteroatoms. The maximum atomic E-state index is 12.5. The maximum absolute atomic E-state index is 12.5. The molecule has 1 aliphatic rings. The lowest BCUT2D eigenvalue weighted by Gasteiger charge is -2.29. The van der Waals surface area contributed by atoms with E-state index in [1.807, 2.05) is 12.1 Å². The second kappa shape index (κ2) is 8.61. The number of sulfone groups is 1. The van der Waals surface area contributed by atoms with Crippen LogP contribution in [0.4, 0.5) is 0 Å². The SMILES string of the molecule is CN(C(=O)CCCc1nc(-c2ccc(Cl)cc2)no1)C1CCCC1S(C)(=O)=O. The van der Waals surface area contributed by atoms with Gasteiger partial charge in [0.1, 0.15) is 0 Å². The Morgan fingerprint density at radius 2 is 2.00 bits per heavy atom. The van der Waals surface area contributed by atoms with Gasteiger partial charge >= 0.3 is 0 Å². The minimum absolute atomic E-state index is 0.0574. The van der Waals surface area contributed by atoms with Crippen molar-refractivity contribution in [1.29, 1.82) is 0 Å². The Bertz CT molecular complexity index is 927. The number of benzene rings is 1. The first-order chi connectivity index (χ1) is 13.3. The van der Waals surface area contributed by atoms with Crippen LogP contribution in [-0.4, -0.2) is 54.0 Å². The normalized spacial score (nSPS) is 19.7. The van der Waals surface area contributed by atoms with Crippen molar-refractivity contribution in [2.75, 3.05) is 13.3 Å². The van der Waals surface area contributed by atoms with Gasteiger partial charge in [-0.15, -0.1) is 0 Å². The van der Waals surface area contributed by atoms with Crippen molar-refractivity contribution < 1.29 is 17.7 Å². The quantitative estimate of drug-likeness (QED) is 0.676. The summed E-state index contributed by atoms with van der Waals surface area (Å²) in [6.07, 6.45) is 4.78. The lowest BCUT2D eigenvalue weighted by molar-refractivity contribution is -0.131. The van der Waals surface area contributed by atoms with E-state index in [0.29, 0.717) is 42.4 Å². The van der Waals surface area contributed by atoms with Crippen LogP contribution >= 0.6 is 11.6 Å². The molecule has 0 N–H and O–H groups in total. The first kappa shape index (κ1) is 20.8. The van der Waals surface area contributed by atoms with E-state index < -0.39 is 15.1 Å². The van der Waals surface area contributed by atoms with Crippen LogP contribution in [0.5, 0.6) is 0 Å². The predicted molar refractivity (Wildman–Crippen MR) is 107 cm³/mol. The van der Waals surface area contributed by atoms with Gasteiger partial charge in [-0.1, -0.05) is 16.8 Å². The van der Waals surface area contributed by atoms with Crippen molar-refractivity contribution in [3.63, 3.8) is 0 Å². The summed E-state index contributed by atoms with van der Waals surface area (Å²) >= 11 is 5.88. The smallest absolute Gasteiger partial charge is 0.226 e. The third-order valence-electron chi connectivity index (χ3n) is 5.21. The third kappa shape index (κ3) is 4.91. The molecular formula is C19H24ClN3O4S. The lowest BCUT2D eigenvalue weighted by Crippen LogP contribution is -2.44. The summed E-state index contributed by atoms with van der Waals surface area (Å²) in [5.41, 5.74) is 0.809. The van der Waals surface area contributed by atoms with Crippen molar-refractivity contribution in [1.82, 2.24) is 15.0 Å². The van der Waals surface area contributed by atoms with Crippen LogP contribution in [0.1, 0.15) is 38.0 Å². The fraction of sp³-hybridized carbons (Fsp3) is 0.526. The highest BCUT2D eigenvalue weighted by molar-refractivity contribution is 7.91. The van der Waals surface area contributed by atoms with E-state index in [9.17, 15) is 13.2 Å². The highest BCUT2D eigenvalue weighted by Crippen LogP contribution is 2.29. The molecule has 152 valence electrons. The number of hydrogen-bond acceptors (Lipinski definition) is 6. The number of aryl methyl sites for hydroxylation is 1. The molecule has 3 rings (SSSR count). The Kier molecular flexibility index (Phi) is 6.40. The second-order valence-corrected chi connectivity index (χ2v) is 9.94. The molecule has 1 saturated carbocycles. The van der Waals surface area contributed by atoms with Crippen LogP contribution in [0.15, 0.2) is 28.8 Å². The summed E-state index contributed by atoms with van der Waals surface area (Å²) in [5.74, 6) is 0.894. The number of halogens is 1. The minimum Gasteiger partial charge on any atom is -0.341 e. The molecule has 0 bridgehead atoms. The zero-order valence-corrected chi connectivity index (χ0v) is 17.5. The molecule has 2 unspecified atom stereocenters. The second-order valence-electron chi connectivity index (χ2n) is 7.24. The predicted octanol–water partition coefficient (Wildman–Crippen LogP) is 3.14. The van der Waals surface area contributed by atoms with Gasteiger partial charge in [0.25, 0.3) is 0 Å². The van der Waals surface area contributed by atoms with Crippen molar-refractivity contribution in [3.05, 3.63) is 35.2 Å². The number of aromatic nitrogens is 2. The molecule has 1 heterocycles. The summed E-state index contributed by atoms with van der Waals surface area (Å²) in [5, 5.41) is 4.13. The molecule has 0 saturated heterocycles. The van der Waals surface area contributed by atoms with E-state index in [1.165, 1.54) is 6.26 Å². The highest BCUT2D eigenvalue weighted by Gasteiger charge is 2.38. The summed E-state index contributed by atoms with van der Waals surface area (Å²) < 4.78 is 29.1. The van der Waals surface area contributed by atoms with E-state index in [2.05, 4.69) is 10.1 Å². The minimum atomic E-state index is -3.16. The van der Waals surface area contributed by atoms with Gasteiger partial charge in [0.2, 0.25) is 17.6 Å². The number of nitrogens with zero attached hydrogens (tertiary/aromatic N) is 3. The summed E-state index contributed by atoms with van der Waals surface area (Å²) in [6, 6.07) is 6.91. The molecule has 0 aliphatic heterocycles. The van der Waals surface area contributed by atoms with Gasteiger partial charge in [0, 0.05) is 42.8 Å². The van der Waals surface area contributed by atoms with Gasteiger partial charge in [-0.3, -0.25) is 4.79 Å². The van der Waals surface area contributed by atoms with Crippen molar-refractivity contribution in [3.8, 4) is 11.4 Å². The van der Waals surface area contributed by atoms with Crippen LogP contribution in [-0.2, 0) is 21.1 Å². The van der Waals surface area contributed by atoms with Crippen molar-refractivity contribution >= 4 is 27.3 Å². The molecule has 0 radical (unpaired) electrons. The molecular weight excluding hydrogens is 402 g/mol. The number of amides is 1.